The lowest BCUT2D eigenvalue weighted by atomic mass is 10.0. The first-order chi connectivity index (χ1) is 8.68. The molecule has 0 unspecified atom stereocenters. The van der Waals surface area contributed by atoms with Crippen LogP contribution in [0.5, 0.6) is 5.75 Å². The molecule has 2 N–H and O–H groups in total. The van der Waals surface area contributed by atoms with Crippen molar-refractivity contribution in [2.24, 2.45) is 5.73 Å². The molecule has 0 saturated heterocycles. The van der Waals surface area contributed by atoms with Crippen LogP contribution in [0.1, 0.15) is 15.9 Å². The second-order valence-corrected chi connectivity index (χ2v) is 4.01. The second-order valence-electron chi connectivity index (χ2n) is 3.61. The predicted molar refractivity (Wildman–Crippen MR) is 73.7 cm³/mol. The van der Waals surface area contributed by atoms with Crippen LogP contribution in [-0.2, 0) is 0 Å². The van der Waals surface area contributed by atoms with E-state index in [1.54, 1.807) is 36.4 Å². The lowest BCUT2D eigenvalue weighted by Crippen LogP contribution is -2.17. The molecular formula is C14H11NO2S. The van der Waals surface area contributed by atoms with Crippen LogP contribution in [0.25, 0.3) is 0 Å². The molecular weight excluding hydrogens is 246 g/mol. The Labute approximate surface area is 110 Å². The van der Waals surface area contributed by atoms with Crippen LogP contribution >= 0.6 is 12.2 Å². The minimum atomic E-state index is -0.123. The van der Waals surface area contributed by atoms with Crippen LogP contribution in [0.3, 0.4) is 0 Å². The molecule has 0 aromatic heterocycles. The lowest BCUT2D eigenvalue weighted by molar-refractivity contribution is 0.103. The van der Waals surface area contributed by atoms with E-state index in [9.17, 15) is 4.79 Å². The number of benzene rings is 2. The maximum Gasteiger partial charge on any atom is 0.259 e. The molecule has 90 valence electrons. The highest BCUT2D eigenvalue weighted by molar-refractivity contribution is 7.80. The zero-order valence-electron chi connectivity index (χ0n) is 9.50. The summed E-state index contributed by atoms with van der Waals surface area (Å²) < 4.78 is 5.18. The van der Waals surface area contributed by atoms with Gasteiger partial charge >= 0.3 is 0 Å². The first-order valence-corrected chi connectivity index (χ1v) is 5.75. The average Bonchev–Trinajstić information content (AvgIpc) is 2.39. The van der Waals surface area contributed by atoms with Gasteiger partial charge in [-0.3, -0.25) is 4.79 Å². The first kappa shape index (κ1) is 12.3. The highest BCUT2D eigenvalue weighted by Gasteiger charge is 2.14. The van der Waals surface area contributed by atoms with E-state index >= 15 is 0 Å². The second kappa shape index (κ2) is 5.42. The largest absolute Gasteiger partial charge is 0.431 e. The molecule has 0 spiro atoms. The van der Waals surface area contributed by atoms with E-state index in [0.29, 0.717) is 16.9 Å². The predicted octanol–water partition coefficient (Wildman–Crippen LogP) is 2.54. The summed E-state index contributed by atoms with van der Waals surface area (Å²) >= 11 is 4.68. The monoisotopic (exact) mass is 257 g/mol. The van der Waals surface area contributed by atoms with Gasteiger partial charge in [0.15, 0.2) is 5.78 Å². The molecule has 2 rings (SSSR count). The van der Waals surface area contributed by atoms with Gasteiger partial charge in [0.1, 0.15) is 5.75 Å². The number of carbonyl (C=O) groups excluding carboxylic acids is 1. The summed E-state index contributed by atoms with van der Waals surface area (Å²) in [6.07, 6.45) is 0. The van der Waals surface area contributed by atoms with Crippen molar-refractivity contribution >= 4 is 23.2 Å². The zero-order chi connectivity index (χ0) is 13.0. The maximum atomic E-state index is 12.3. The third-order valence-corrected chi connectivity index (χ3v) is 2.46. The minimum absolute atomic E-state index is 0.108. The number of ketones is 1. The summed E-state index contributed by atoms with van der Waals surface area (Å²) in [5.41, 5.74) is 6.37. The topological polar surface area (TPSA) is 52.3 Å². The molecule has 0 bridgehead atoms. The van der Waals surface area contributed by atoms with Crippen molar-refractivity contribution in [3.8, 4) is 5.75 Å². The van der Waals surface area contributed by atoms with Gasteiger partial charge < -0.3 is 10.5 Å². The van der Waals surface area contributed by atoms with Gasteiger partial charge in [-0.2, -0.15) is 0 Å². The van der Waals surface area contributed by atoms with Gasteiger partial charge in [-0.25, -0.2) is 0 Å². The van der Waals surface area contributed by atoms with Crippen LogP contribution in [-0.4, -0.2) is 11.0 Å². The lowest BCUT2D eigenvalue weighted by Gasteiger charge is -2.08. The van der Waals surface area contributed by atoms with Gasteiger partial charge in [-0.15, -0.1) is 0 Å². The van der Waals surface area contributed by atoms with Crippen molar-refractivity contribution in [1.82, 2.24) is 0 Å². The molecule has 0 aliphatic heterocycles. The highest BCUT2D eigenvalue weighted by Crippen LogP contribution is 2.21. The fraction of sp³-hybridized carbons (Fsp3) is 0. The van der Waals surface area contributed by atoms with Crippen LogP contribution < -0.4 is 10.5 Å². The van der Waals surface area contributed by atoms with Crippen LogP contribution in [0.15, 0.2) is 54.6 Å². The molecule has 0 saturated carbocycles. The van der Waals surface area contributed by atoms with Crippen molar-refractivity contribution in [2.75, 3.05) is 0 Å². The molecule has 0 radical (unpaired) electrons. The summed E-state index contributed by atoms with van der Waals surface area (Å²) in [5.74, 6) is 0.251. The molecule has 0 fully saturated rings. The average molecular weight is 257 g/mol. The van der Waals surface area contributed by atoms with E-state index in [4.69, 9.17) is 10.5 Å². The maximum absolute atomic E-state index is 12.3. The fourth-order valence-corrected chi connectivity index (χ4v) is 1.69. The van der Waals surface area contributed by atoms with Gasteiger partial charge in [-0.1, -0.05) is 42.5 Å². The van der Waals surface area contributed by atoms with E-state index < -0.39 is 0 Å². The van der Waals surface area contributed by atoms with Gasteiger partial charge in [0.25, 0.3) is 5.17 Å². The molecule has 2 aromatic carbocycles. The van der Waals surface area contributed by atoms with Gasteiger partial charge in [0.05, 0.1) is 5.56 Å². The van der Waals surface area contributed by atoms with Crippen LogP contribution in [0.4, 0.5) is 0 Å². The number of rotatable bonds is 3. The number of thiocarbonyl (C=S) groups is 1. The summed E-state index contributed by atoms with van der Waals surface area (Å²) in [6.45, 7) is 0. The Morgan fingerprint density at radius 3 is 2.28 bits per heavy atom. The Hall–Kier alpha value is -2.20. The third-order valence-electron chi connectivity index (χ3n) is 2.38. The Morgan fingerprint density at radius 1 is 1.00 bits per heavy atom. The molecule has 0 heterocycles. The Kier molecular flexibility index (Phi) is 3.69. The number of para-hydroxylation sites is 1. The number of ether oxygens (including phenoxy) is 1. The molecule has 0 atom stereocenters. The summed E-state index contributed by atoms with van der Waals surface area (Å²) in [5, 5.41) is -0.108. The van der Waals surface area contributed by atoms with Crippen molar-refractivity contribution in [1.29, 1.82) is 0 Å². The van der Waals surface area contributed by atoms with Gasteiger partial charge in [0.2, 0.25) is 0 Å². The summed E-state index contributed by atoms with van der Waals surface area (Å²) in [4.78, 5) is 12.3. The van der Waals surface area contributed by atoms with Crippen LogP contribution in [0.2, 0.25) is 0 Å². The van der Waals surface area contributed by atoms with E-state index in [-0.39, 0.29) is 11.0 Å². The molecule has 3 nitrogen and oxygen atoms in total. The quantitative estimate of drug-likeness (QED) is 0.678. The third kappa shape index (κ3) is 2.73. The highest BCUT2D eigenvalue weighted by atomic mass is 32.1. The number of carbonyl (C=O) groups is 1. The molecule has 2 aromatic rings. The molecule has 18 heavy (non-hydrogen) atoms. The van der Waals surface area contributed by atoms with Gasteiger partial charge in [0, 0.05) is 5.56 Å². The molecule has 0 aliphatic rings. The van der Waals surface area contributed by atoms with E-state index in [1.165, 1.54) is 0 Å². The molecule has 4 heteroatoms. The van der Waals surface area contributed by atoms with E-state index in [1.807, 2.05) is 18.2 Å². The van der Waals surface area contributed by atoms with Crippen LogP contribution in [0, 0.1) is 0 Å². The van der Waals surface area contributed by atoms with Crippen molar-refractivity contribution in [3.05, 3.63) is 65.7 Å². The normalized spacial score (nSPS) is 9.78. The smallest absolute Gasteiger partial charge is 0.259 e. The molecule has 0 amide bonds. The Morgan fingerprint density at radius 2 is 1.61 bits per heavy atom. The Balaban J connectivity index is 2.39. The number of hydrogen-bond acceptors (Lipinski definition) is 3. The van der Waals surface area contributed by atoms with Crippen molar-refractivity contribution in [2.45, 2.75) is 0 Å². The summed E-state index contributed by atoms with van der Waals surface area (Å²) in [7, 11) is 0. The standard InChI is InChI=1S/C14H11NO2S/c15-14(18)17-12-9-5-4-8-11(12)13(16)10-6-2-1-3-7-10/h1-9H,(H2,15,18). The van der Waals surface area contributed by atoms with Crippen molar-refractivity contribution < 1.29 is 9.53 Å². The Bertz CT molecular complexity index is 581. The fourth-order valence-electron chi connectivity index (χ4n) is 1.60. The van der Waals surface area contributed by atoms with E-state index in [2.05, 4.69) is 12.2 Å². The SMILES string of the molecule is NC(=S)Oc1ccccc1C(=O)c1ccccc1. The minimum Gasteiger partial charge on any atom is -0.431 e. The first-order valence-electron chi connectivity index (χ1n) is 5.34. The number of hydrogen-bond donors (Lipinski definition) is 1. The summed E-state index contributed by atoms with van der Waals surface area (Å²) in [6, 6.07) is 15.8. The number of nitrogens with two attached hydrogens (primary N) is 1. The van der Waals surface area contributed by atoms with Gasteiger partial charge in [-0.05, 0) is 24.4 Å². The van der Waals surface area contributed by atoms with E-state index in [0.717, 1.165) is 0 Å². The van der Waals surface area contributed by atoms with Crippen molar-refractivity contribution in [3.63, 3.8) is 0 Å². The zero-order valence-corrected chi connectivity index (χ0v) is 10.3. The molecule has 0 aliphatic carbocycles.